The molecule has 0 saturated carbocycles. The fourth-order valence-electron chi connectivity index (χ4n) is 3.20. The monoisotopic (exact) mass is 434 g/mol. The van der Waals surface area contributed by atoms with Gasteiger partial charge in [0.05, 0.1) is 17.5 Å². The second-order valence-electron chi connectivity index (χ2n) is 7.77. The molecule has 0 spiro atoms. The van der Waals surface area contributed by atoms with E-state index in [0.717, 1.165) is 33.5 Å². The number of thioether (sulfide) groups is 1. The van der Waals surface area contributed by atoms with E-state index in [1.807, 2.05) is 18.2 Å². The van der Waals surface area contributed by atoms with Gasteiger partial charge < -0.3 is 10.4 Å². The Kier molecular flexibility index (Phi) is 6.48. The van der Waals surface area contributed by atoms with Gasteiger partial charge in [-0.1, -0.05) is 55.9 Å². The number of aliphatic hydroxyl groups excluding tert-OH is 1. The number of aliphatic hydroxyl groups is 1. The lowest BCUT2D eigenvalue weighted by Crippen LogP contribution is -2.06. The van der Waals surface area contributed by atoms with Crippen LogP contribution in [0, 0.1) is 0 Å². The molecule has 160 valence electrons. The fraction of sp³-hybridized carbons (Fsp3) is 0.304. The van der Waals surface area contributed by atoms with Gasteiger partial charge >= 0.3 is 0 Å². The first-order valence-corrected chi connectivity index (χ1v) is 11.3. The molecule has 0 bridgehead atoms. The zero-order chi connectivity index (χ0) is 21.8. The molecule has 31 heavy (non-hydrogen) atoms. The number of aromatic nitrogens is 5. The van der Waals surface area contributed by atoms with Crippen molar-refractivity contribution in [2.45, 2.75) is 44.5 Å². The average Bonchev–Trinajstić information content (AvgIpc) is 3.21. The van der Waals surface area contributed by atoms with Crippen molar-refractivity contribution in [2.75, 3.05) is 11.1 Å². The summed E-state index contributed by atoms with van der Waals surface area (Å²) < 4.78 is 0. The van der Waals surface area contributed by atoms with Gasteiger partial charge in [-0.05, 0) is 30.5 Å². The second-order valence-corrected chi connectivity index (χ2v) is 8.76. The highest BCUT2D eigenvalue weighted by molar-refractivity contribution is 7.99. The molecule has 0 aliphatic carbocycles. The van der Waals surface area contributed by atoms with E-state index in [1.165, 1.54) is 11.8 Å². The lowest BCUT2D eigenvalue weighted by molar-refractivity contribution is 0.220. The summed E-state index contributed by atoms with van der Waals surface area (Å²) in [7, 11) is 0. The summed E-state index contributed by atoms with van der Waals surface area (Å²) in [6.07, 6.45) is 1.38. The van der Waals surface area contributed by atoms with Gasteiger partial charge in [0.25, 0.3) is 0 Å². The SMILES string of the molecule is CC(O)CSc1nc(NCc2ccc(-c3ccccn3)cc2)c2n[nH]c(C(C)C)c2n1. The summed E-state index contributed by atoms with van der Waals surface area (Å²) in [4.78, 5) is 13.8. The van der Waals surface area contributed by atoms with E-state index < -0.39 is 6.10 Å². The van der Waals surface area contributed by atoms with Gasteiger partial charge in [0.1, 0.15) is 5.52 Å². The highest BCUT2D eigenvalue weighted by atomic mass is 32.2. The molecule has 3 heterocycles. The van der Waals surface area contributed by atoms with E-state index >= 15 is 0 Å². The van der Waals surface area contributed by atoms with Crippen LogP contribution in [0.15, 0.2) is 53.8 Å². The maximum Gasteiger partial charge on any atom is 0.190 e. The summed E-state index contributed by atoms with van der Waals surface area (Å²) in [5.74, 6) is 1.49. The van der Waals surface area contributed by atoms with Crippen LogP contribution in [0.2, 0.25) is 0 Å². The van der Waals surface area contributed by atoms with Gasteiger partial charge in [0, 0.05) is 24.1 Å². The Hall–Kier alpha value is -2.97. The molecular weight excluding hydrogens is 408 g/mol. The standard InChI is InChI=1S/C23H26N6OS/c1-14(2)19-20-21(29-28-19)22(27-23(26-20)31-13-15(3)30)25-12-16-7-9-17(10-8-16)18-6-4-5-11-24-18/h4-11,14-15,30H,12-13H2,1-3H3,(H,28,29)(H,25,26,27). The fourth-order valence-corrected chi connectivity index (χ4v) is 3.90. The predicted molar refractivity (Wildman–Crippen MR) is 125 cm³/mol. The summed E-state index contributed by atoms with van der Waals surface area (Å²) in [6.45, 7) is 6.58. The van der Waals surface area contributed by atoms with Crippen molar-refractivity contribution < 1.29 is 5.11 Å². The Labute approximate surface area is 185 Å². The van der Waals surface area contributed by atoms with Gasteiger partial charge in [0.15, 0.2) is 16.5 Å². The first-order chi connectivity index (χ1) is 15.0. The number of aromatic amines is 1. The number of hydrogen-bond donors (Lipinski definition) is 3. The Morgan fingerprint density at radius 1 is 1.03 bits per heavy atom. The second kappa shape index (κ2) is 9.45. The Balaban J connectivity index is 1.57. The summed E-state index contributed by atoms with van der Waals surface area (Å²) in [5.41, 5.74) is 5.71. The van der Waals surface area contributed by atoms with Crippen LogP contribution in [0.3, 0.4) is 0 Å². The van der Waals surface area contributed by atoms with Crippen LogP contribution in [0.4, 0.5) is 5.82 Å². The van der Waals surface area contributed by atoms with Gasteiger partial charge in [-0.3, -0.25) is 10.1 Å². The molecular formula is C23H26N6OS. The number of hydrogen-bond acceptors (Lipinski definition) is 7. The molecule has 4 aromatic rings. The molecule has 0 fully saturated rings. The van der Waals surface area contributed by atoms with Crippen LogP contribution >= 0.6 is 11.8 Å². The molecule has 1 atom stereocenters. The van der Waals surface area contributed by atoms with Crippen molar-refractivity contribution >= 4 is 28.6 Å². The van der Waals surface area contributed by atoms with Crippen LogP contribution < -0.4 is 5.32 Å². The van der Waals surface area contributed by atoms with Gasteiger partial charge in [-0.2, -0.15) is 5.10 Å². The van der Waals surface area contributed by atoms with Crippen molar-refractivity contribution in [3.63, 3.8) is 0 Å². The van der Waals surface area contributed by atoms with Crippen LogP contribution in [0.1, 0.15) is 37.9 Å². The zero-order valence-corrected chi connectivity index (χ0v) is 18.6. The molecule has 1 aromatic carbocycles. The summed E-state index contributed by atoms with van der Waals surface area (Å²) in [6, 6.07) is 14.2. The quantitative estimate of drug-likeness (QED) is 0.275. The molecule has 0 radical (unpaired) electrons. The van der Waals surface area contributed by atoms with Crippen LogP contribution in [0.25, 0.3) is 22.3 Å². The van der Waals surface area contributed by atoms with Crippen LogP contribution in [-0.2, 0) is 6.54 Å². The lowest BCUT2D eigenvalue weighted by atomic mass is 10.1. The van der Waals surface area contributed by atoms with Crippen molar-refractivity contribution in [1.29, 1.82) is 0 Å². The number of benzene rings is 1. The topological polar surface area (TPSA) is 99.6 Å². The van der Waals surface area contributed by atoms with Crippen molar-refractivity contribution in [3.05, 3.63) is 59.9 Å². The molecule has 8 heteroatoms. The molecule has 3 aromatic heterocycles. The van der Waals surface area contributed by atoms with E-state index in [1.54, 1.807) is 13.1 Å². The van der Waals surface area contributed by atoms with Crippen molar-refractivity contribution in [1.82, 2.24) is 25.1 Å². The summed E-state index contributed by atoms with van der Waals surface area (Å²) in [5, 5.41) is 21.3. The lowest BCUT2D eigenvalue weighted by Gasteiger charge is -2.10. The number of rotatable bonds is 8. The molecule has 0 aliphatic rings. The van der Waals surface area contributed by atoms with E-state index in [-0.39, 0.29) is 5.92 Å². The minimum Gasteiger partial charge on any atom is -0.393 e. The highest BCUT2D eigenvalue weighted by Crippen LogP contribution is 2.29. The highest BCUT2D eigenvalue weighted by Gasteiger charge is 2.17. The normalized spacial score (nSPS) is 12.4. The molecule has 7 nitrogen and oxygen atoms in total. The third-order valence-electron chi connectivity index (χ3n) is 4.81. The van der Waals surface area contributed by atoms with Crippen molar-refractivity contribution in [2.24, 2.45) is 0 Å². The minimum absolute atomic E-state index is 0.265. The van der Waals surface area contributed by atoms with E-state index in [4.69, 9.17) is 0 Å². The Morgan fingerprint density at radius 3 is 2.52 bits per heavy atom. The Bertz CT molecular complexity index is 1140. The van der Waals surface area contributed by atoms with Crippen LogP contribution in [-0.4, -0.2) is 42.1 Å². The number of anilines is 1. The van der Waals surface area contributed by atoms with Crippen molar-refractivity contribution in [3.8, 4) is 11.3 Å². The third kappa shape index (κ3) is 5.03. The third-order valence-corrected chi connectivity index (χ3v) is 5.90. The largest absolute Gasteiger partial charge is 0.393 e. The van der Waals surface area contributed by atoms with E-state index in [0.29, 0.717) is 23.3 Å². The molecule has 3 N–H and O–H groups in total. The Morgan fingerprint density at radius 2 is 1.84 bits per heavy atom. The number of pyridine rings is 1. The van der Waals surface area contributed by atoms with Crippen LogP contribution in [0.5, 0.6) is 0 Å². The smallest absolute Gasteiger partial charge is 0.190 e. The predicted octanol–water partition coefficient (Wildman–Crippen LogP) is 4.62. The number of fused-ring (bicyclic) bond motifs is 1. The molecule has 0 aliphatic heterocycles. The maximum atomic E-state index is 9.64. The molecule has 0 saturated heterocycles. The van der Waals surface area contributed by atoms with Gasteiger partial charge in [-0.15, -0.1) is 0 Å². The first-order valence-electron chi connectivity index (χ1n) is 10.3. The number of nitrogens with zero attached hydrogens (tertiary/aromatic N) is 4. The summed E-state index contributed by atoms with van der Waals surface area (Å²) >= 11 is 1.44. The molecule has 1 unspecified atom stereocenters. The maximum absolute atomic E-state index is 9.64. The van der Waals surface area contributed by atoms with Gasteiger partial charge in [0.2, 0.25) is 0 Å². The van der Waals surface area contributed by atoms with E-state index in [2.05, 4.69) is 68.6 Å². The number of H-pyrrole nitrogens is 1. The average molecular weight is 435 g/mol. The first kappa shape index (κ1) is 21.3. The zero-order valence-electron chi connectivity index (χ0n) is 17.8. The number of nitrogens with one attached hydrogen (secondary N) is 2. The molecule has 4 rings (SSSR count). The minimum atomic E-state index is -0.424. The van der Waals surface area contributed by atoms with E-state index in [9.17, 15) is 5.11 Å². The van der Waals surface area contributed by atoms with Gasteiger partial charge in [-0.25, -0.2) is 9.97 Å². The molecule has 0 amide bonds.